The molecule has 1 amide bonds. The zero-order chi connectivity index (χ0) is 24.6. The van der Waals surface area contributed by atoms with Crippen molar-refractivity contribution in [2.24, 2.45) is 4.99 Å². The van der Waals surface area contributed by atoms with Crippen LogP contribution in [0.2, 0.25) is 0 Å². The second-order valence-electron chi connectivity index (χ2n) is 11.1. The number of carbonyl (C=O) groups is 1. The van der Waals surface area contributed by atoms with Crippen molar-refractivity contribution in [3.8, 4) is 0 Å². The monoisotopic (exact) mass is 454 g/mol. The van der Waals surface area contributed by atoms with Gasteiger partial charge in [-0.3, -0.25) is 9.89 Å². The second-order valence-corrected chi connectivity index (χ2v) is 11.1. The number of ether oxygens (including phenoxy) is 1. The van der Waals surface area contributed by atoms with Gasteiger partial charge in [0, 0.05) is 18.5 Å². The molecule has 7 heteroatoms. The van der Waals surface area contributed by atoms with E-state index in [0.717, 1.165) is 35.2 Å². The second kappa shape index (κ2) is 9.26. The fraction of sp³-hybridized carbons (Fsp3) is 0.615. The van der Waals surface area contributed by atoms with Gasteiger partial charge >= 0.3 is 13.2 Å². The first-order chi connectivity index (χ1) is 15.2. The topological polar surface area (TPSA) is 60.4 Å². The predicted octanol–water partition coefficient (Wildman–Crippen LogP) is 5.21. The third-order valence-electron chi connectivity index (χ3n) is 6.72. The molecule has 1 aromatic rings. The summed E-state index contributed by atoms with van der Waals surface area (Å²) in [6.07, 6.45) is 3.48. The lowest BCUT2D eigenvalue weighted by atomic mass is 9.78. The highest BCUT2D eigenvalue weighted by Crippen LogP contribution is 2.36. The number of allylic oxidation sites excluding steroid dienone is 1. The SMILES string of the molecule is CC(=N/C=C(\C)c1ccc(B2OC(C)(C)C(C)(C)O2)cc1)[C@@H]1CCCN1C(=O)OC(C)(C)C. The van der Waals surface area contributed by atoms with Crippen molar-refractivity contribution in [1.29, 1.82) is 0 Å². The van der Waals surface area contributed by atoms with Gasteiger partial charge in [0.25, 0.3) is 0 Å². The van der Waals surface area contributed by atoms with Crippen molar-refractivity contribution in [2.75, 3.05) is 6.54 Å². The van der Waals surface area contributed by atoms with Crippen molar-refractivity contribution in [1.82, 2.24) is 4.90 Å². The quantitative estimate of drug-likeness (QED) is 0.463. The molecule has 0 saturated carbocycles. The van der Waals surface area contributed by atoms with E-state index in [9.17, 15) is 4.79 Å². The minimum absolute atomic E-state index is 0.0188. The lowest BCUT2D eigenvalue weighted by Gasteiger charge is -2.32. The number of amides is 1. The molecule has 33 heavy (non-hydrogen) atoms. The summed E-state index contributed by atoms with van der Waals surface area (Å²) in [4.78, 5) is 19.1. The molecule has 6 nitrogen and oxygen atoms in total. The molecule has 180 valence electrons. The zero-order valence-corrected chi connectivity index (χ0v) is 21.7. The molecule has 0 unspecified atom stereocenters. The maximum atomic E-state index is 12.6. The molecule has 0 aromatic heterocycles. The van der Waals surface area contributed by atoms with Crippen LogP contribution < -0.4 is 5.46 Å². The highest BCUT2D eigenvalue weighted by Gasteiger charge is 2.51. The molecule has 0 spiro atoms. The van der Waals surface area contributed by atoms with Crippen LogP contribution in [0.4, 0.5) is 4.79 Å². The predicted molar refractivity (Wildman–Crippen MR) is 135 cm³/mol. The van der Waals surface area contributed by atoms with Gasteiger partial charge in [0.05, 0.1) is 17.2 Å². The molecular formula is C26H39BN2O4. The maximum Gasteiger partial charge on any atom is 0.494 e. The lowest BCUT2D eigenvalue weighted by molar-refractivity contribution is 0.00578. The van der Waals surface area contributed by atoms with Crippen LogP contribution in [0.15, 0.2) is 35.5 Å². The van der Waals surface area contributed by atoms with Crippen molar-refractivity contribution in [2.45, 2.75) is 98.0 Å². The molecule has 2 fully saturated rings. The summed E-state index contributed by atoms with van der Waals surface area (Å²) in [7, 11) is -0.366. The van der Waals surface area contributed by atoms with Gasteiger partial charge in [-0.15, -0.1) is 0 Å². The number of likely N-dealkylation sites (tertiary alicyclic amines) is 1. The number of rotatable bonds is 4. The van der Waals surface area contributed by atoms with Crippen LogP contribution in [-0.2, 0) is 14.0 Å². The van der Waals surface area contributed by atoms with Gasteiger partial charge in [-0.05, 0) is 91.8 Å². The van der Waals surface area contributed by atoms with Gasteiger partial charge in [-0.1, -0.05) is 24.3 Å². The van der Waals surface area contributed by atoms with E-state index in [1.54, 1.807) is 4.90 Å². The third kappa shape index (κ3) is 5.88. The van der Waals surface area contributed by atoms with E-state index >= 15 is 0 Å². The Morgan fingerprint density at radius 2 is 1.70 bits per heavy atom. The molecule has 0 radical (unpaired) electrons. The molecular weight excluding hydrogens is 415 g/mol. The van der Waals surface area contributed by atoms with Crippen molar-refractivity contribution in [3.05, 3.63) is 36.0 Å². The Morgan fingerprint density at radius 1 is 1.12 bits per heavy atom. The number of hydrogen-bond acceptors (Lipinski definition) is 5. The van der Waals surface area contributed by atoms with Crippen LogP contribution in [0.5, 0.6) is 0 Å². The van der Waals surface area contributed by atoms with Gasteiger partial charge in [-0.25, -0.2) is 4.79 Å². The third-order valence-corrected chi connectivity index (χ3v) is 6.72. The summed E-state index contributed by atoms with van der Waals surface area (Å²) in [5.74, 6) is 0. The number of carbonyl (C=O) groups excluding carboxylic acids is 1. The van der Waals surface area contributed by atoms with E-state index < -0.39 is 5.60 Å². The Kier molecular flexibility index (Phi) is 7.16. The van der Waals surface area contributed by atoms with Gasteiger partial charge in [0.1, 0.15) is 5.60 Å². The van der Waals surface area contributed by atoms with Crippen LogP contribution in [0.1, 0.15) is 80.7 Å². The molecule has 0 N–H and O–H groups in total. The minimum Gasteiger partial charge on any atom is -0.444 e. The number of aliphatic imine (C=N–C) groups is 1. The summed E-state index contributed by atoms with van der Waals surface area (Å²) in [5.41, 5.74) is 2.85. The summed E-state index contributed by atoms with van der Waals surface area (Å²) in [6, 6.07) is 8.22. The van der Waals surface area contributed by atoms with Crippen LogP contribution in [0, 0.1) is 0 Å². The average molecular weight is 454 g/mol. The molecule has 2 heterocycles. The van der Waals surface area contributed by atoms with E-state index in [-0.39, 0.29) is 30.5 Å². The fourth-order valence-electron chi connectivity index (χ4n) is 3.98. The summed E-state index contributed by atoms with van der Waals surface area (Å²) in [5, 5.41) is 0. The first kappa shape index (κ1) is 25.5. The Labute approximate surface area is 199 Å². The highest BCUT2D eigenvalue weighted by molar-refractivity contribution is 6.62. The first-order valence-electron chi connectivity index (χ1n) is 11.9. The molecule has 0 aliphatic carbocycles. The Morgan fingerprint density at radius 3 is 2.24 bits per heavy atom. The number of nitrogens with zero attached hydrogens (tertiary/aromatic N) is 2. The van der Waals surface area contributed by atoms with Gasteiger partial charge in [-0.2, -0.15) is 0 Å². The summed E-state index contributed by atoms with van der Waals surface area (Å²) in [6.45, 7) is 18.6. The maximum absolute atomic E-state index is 12.6. The van der Waals surface area contributed by atoms with Crippen molar-refractivity contribution in [3.63, 3.8) is 0 Å². The van der Waals surface area contributed by atoms with Crippen molar-refractivity contribution >= 4 is 30.0 Å². The van der Waals surface area contributed by atoms with Gasteiger partial charge in [0.15, 0.2) is 0 Å². The van der Waals surface area contributed by atoms with Gasteiger partial charge in [0.2, 0.25) is 0 Å². The van der Waals surface area contributed by atoms with E-state index in [0.29, 0.717) is 6.54 Å². The number of hydrogen-bond donors (Lipinski definition) is 0. The molecule has 3 rings (SSSR count). The van der Waals surface area contributed by atoms with Crippen LogP contribution >= 0.6 is 0 Å². The molecule has 0 bridgehead atoms. The average Bonchev–Trinajstić information content (AvgIpc) is 3.27. The normalized spacial score (nSPS) is 23.2. The Balaban J connectivity index is 1.68. The summed E-state index contributed by atoms with van der Waals surface area (Å²) < 4.78 is 17.9. The first-order valence-corrected chi connectivity index (χ1v) is 11.9. The van der Waals surface area contributed by atoms with Crippen LogP contribution in [0.3, 0.4) is 0 Å². The molecule has 1 atom stereocenters. The number of benzene rings is 1. The van der Waals surface area contributed by atoms with Gasteiger partial charge < -0.3 is 14.0 Å². The molecule has 2 aliphatic rings. The lowest BCUT2D eigenvalue weighted by Crippen LogP contribution is -2.42. The molecule has 1 aromatic carbocycles. The summed E-state index contributed by atoms with van der Waals surface area (Å²) >= 11 is 0. The standard InChI is InChI=1S/C26H39BN2O4/c1-18(17-28-19(2)22-11-10-16-29(22)23(30)31-24(3,4)5)20-12-14-21(15-13-20)27-32-25(6,7)26(8,9)33-27/h12-15,17,22H,10-11,16H2,1-9H3/b18-17+,28-19?/t22-/m0/s1. The largest absolute Gasteiger partial charge is 0.494 e. The Hall–Kier alpha value is -2.12. The van der Waals surface area contributed by atoms with E-state index in [2.05, 4.69) is 39.8 Å². The Bertz CT molecular complexity index is 913. The fourth-order valence-corrected chi connectivity index (χ4v) is 3.98. The van der Waals surface area contributed by atoms with Crippen LogP contribution in [-0.4, -0.2) is 53.2 Å². The van der Waals surface area contributed by atoms with E-state index in [4.69, 9.17) is 19.0 Å². The zero-order valence-electron chi connectivity index (χ0n) is 21.7. The highest BCUT2D eigenvalue weighted by atomic mass is 16.7. The van der Waals surface area contributed by atoms with Crippen molar-refractivity contribution < 1.29 is 18.8 Å². The molecule has 2 aliphatic heterocycles. The van der Waals surface area contributed by atoms with Crippen LogP contribution in [0.25, 0.3) is 5.57 Å². The molecule has 2 saturated heterocycles. The van der Waals surface area contributed by atoms with E-state index in [1.807, 2.05) is 53.0 Å². The minimum atomic E-state index is -0.502. The smallest absolute Gasteiger partial charge is 0.444 e. The van der Waals surface area contributed by atoms with E-state index in [1.165, 1.54) is 0 Å².